The lowest BCUT2D eigenvalue weighted by Gasteiger charge is -2.10. The van der Waals surface area contributed by atoms with Gasteiger partial charge < -0.3 is 10.2 Å². The van der Waals surface area contributed by atoms with E-state index in [9.17, 15) is 10.1 Å². The summed E-state index contributed by atoms with van der Waals surface area (Å²) in [5.41, 5.74) is 0.680. The van der Waals surface area contributed by atoms with Gasteiger partial charge in [0.2, 0.25) is 5.82 Å². The van der Waals surface area contributed by atoms with Gasteiger partial charge in [0.15, 0.2) is 0 Å². The molecule has 0 spiro atoms. The lowest BCUT2D eigenvalue weighted by atomic mass is 10.2. The molecule has 0 aromatic carbocycles. The molecular formula is C12H23N5O2. The molecule has 0 saturated heterocycles. The largest absolute Gasteiger partial charge is 0.364 e. The van der Waals surface area contributed by atoms with E-state index in [1.54, 1.807) is 11.7 Å². The zero-order chi connectivity index (χ0) is 14.4. The van der Waals surface area contributed by atoms with Crippen LogP contribution in [-0.2, 0) is 13.5 Å². The third kappa shape index (κ3) is 4.20. The lowest BCUT2D eigenvalue weighted by Crippen LogP contribution is -2.17. The number of hydrogen-bond acceptors (Lipinski definition) is 5. The summed E-state index contributed by atoms with van der Waals surface area (Å²) < 4.78 is 1.57. The summed E-state index contributed by atoms with van der Waals surface area (Å²) in [7, 11) is 5.75. The van der Waals surface area contributed by atoms with Crippen molar-refractivity contribution < 1.29 is 4.92 Å². The summed E-state index contributed by atoms with van der Waals surface area (Å²) in [6.07, 6.45) is 2.40. The lowest BCUT2D eigenvalue weighted by molar-refractivity contribution is -0.384. The molecule has 108 valence electrons. The number of anilines is 1. The van der Waals surface area contributed by atoms with Crippen molar-refractivity contribution in [2.75, 3.05) is 32.5 Å². The first-order chi connectivity index (χ1) is 8.97. The highest BCUT2D eigenvalue weighted by Gasteiger charge is 2.25. The Balaban J connectivity index is 2.78. The van der Waals surface area contributed by atoms with Crippen molar-refractivity contribution in [2.24, 2.45) is 7.05 Å². The number of hydrogen-bond donors (Lipinski definition) is 1. The SMILES string of the molecule is CCCc1nn(C)c(NCCCN(C)C)c1[N+](=O)[O-]. The van der Waals surface area contributed by atoms with Crippen molar-refractivity contribution in [3.8, 4) is 0 Å². The summed E-state index contributed by atoms with van der Waals surface area (Å²) in [6.45, 7) is 3.63. The summed E-state index contributed by atoms with van der Waals surface area (Å²) >= 11 is 0. The van der Waals surface area contributed by atoms with E-state index in [1.165, 1.54) is 0 Å². The Kier molecular flexibility index (Phi) is 5.75. The van der Waals surface area contributed by atoms with Crippen LogP contribution >= 0.6 is 0 Å². The Morgan fingerprint density at radius 3 is 2.68 bits per heavy atom. The number of aryl methyl sites for hydroxylation is 2. The molecule has 1 aromatic rings. The van der Waals surface area contributed by atoms with E-state index in [1.807, 2.05) is 21.0 Å². The molecule has 7 heteroatoms. The number of nitrogens with one attached hydrogen (secondary N) is 1. The maximum Gasteiger partial charge on any atom is 0.333 e. The number of nitrogens with zero attached hydrogens (tertiary/aromatic N) is 4. The number of rotatable bonds is 8. The van der Waals surface area contributed by atoms with Crippen molar-refractivity contribution in [2.45, 2.75) is 26.2 Å². The fourth-order valence-corrected chi connectivity index (χ4v) is 1.97. The highest BCUT2D eigenvalue weighted by Crippen LogP contribution is 2.28. The molecule has 0 radical (unpaired) electrons. The van der Waals surface area contributed by atoms with Crippen LogP contribution in [0.5, 0.6) is 0 Å². The van der Waals surface area contributed by atoms with Gasteiger partial charge in [-0.25, -0.2) is 4.68 Å². The average molecular weight is 269 g/mol. The minimum Gasteiger partial charge on any atom is -0.364 e. The van der Waals surface area contributed by atoms with Gasteiger partial charge >= 0.3 is 5.69 Å². The second kappa shape index (κ2) is 7.08. The van der Waals surface area contributed by atoms with Gasteiger partial charge in [-0.3, -0.25) is 10.1 Å². The smallest absolute Gasteiger partial charge is 0.333 e. The molecule has 0 aliphatic carbocycles. The van der Waals surface area contributed by atoms with Crippen molar-refractivity contribution in [1.82, 2.24) is 14.7 Å². The molecule has 0 aliphatic heterocycles. The summed E-state index contributed by atoms with van der Waals surface area (Å²) in [4.78, 5) is 12.9. The van der Waals surface area contributed by atoms with E-state index in [4.69, 9.17) is 0 Å². The first-order valence-corrected chi connectivity index (χ1v) is 6.56. The quantitative estimate of drug-likeness (QED) is 0.441. The van der Waals surface area contributed by atoms with Crippen LogP contribution in [0.25, 0.3) is 0 Å². The Morgan fingerprint density at radius 1 is 1.47 bits per heavy atom. The van der Waals surface area contributed by atoms with Gasteiger partial charge in [0.05, 0.1) is 4.92 Å². The molecule has 0 saturated carbocycles. The van der Waals surface area contributed by atoms with Crippen LogP contribution in [0, 0.1) is 10.1 Å². The fourth-order valence-electron chi connectivity index (χ4n) is 1.97. The molecule has 7 nitrogen and oxygen atoms in total. The van der Waals surface area contributed by atoms with Crippen LogP contribution in [-0.4, -0.2) is 46.8 Å². The molecule has 0 atom stereocenters. The van der Waals surface area contributed by atoms with Gasteiger partial charge in [0.1, 0.15) is 5.69 Å². The zero-order valence-electron chi connectivity index (χ0n) is 12.1. The van der Waals surface area contributed by atoms with Crippen LogP contribution in [0.3, 0.4) is 0 Å². The standard InChI is InChI=1S/C12H23N5O2/c1-5-7-10-11(17(18)19)12(16(4)14-10)13-8-6-9-15(2)3/h13H,5-9H2,1-4H3. The topological polar surface area (TPSA) is 76.2 Å². The summed E-state index contributed by atoms with van der Waals surface area (Å²) in [6, 6.07) is 0. The minimum atomic E-state index is -0.341. The zero-order valence-corrected chi connectivity index (χ0v) is 12.1. The molecule has 1 N–H and O–H groups in total. The maximum atomic E-state index is 11.2. The molecule has 0 amide bonds. The summed E-state index contributed by atoms with van der Waals surface area (Å²) in [5, 5.41) is 18.5. The molecule has 1 aromatic heterocycles. The average Bonchev–Trinajstić information content (AvgIpc) is 2.61. The molecule has 1 heterocycles. The normalized spacial score (nSPS) is 11.0. The first-order valence-electron chi connectivity index (χ1n) is 6.56. The third-order valence-electron chi connectivity index (χ3n) is 2.84. The van der Waals surface area contributed by atoms with Gasteiger partial charge in [-0.2, -0.15) is 5.10 Å². The van der Waals surface area contributed by atoms with E-state index in [0.717, 1.165) is 19.4 Å². The Hall–Kier alpha value is -1.63. The molecule has 0 unspecified atom stereocenters. The third-order valence-corrected chi connectivity index (χ3v) is 2.84. The van der Waals surface area contributed by atoms with Crippen LogP contribution < -0.4 is 5.32 Å². The van der Waals surface area contributed by atoms with E-state index in [-0.39, 0.29) is 10.6 Å². The van der Waals surface area contributed by atoms with Gasteiger partial charge in [0, 0.05) is 13.6 Å². The van der Waals surface area contributed by atoms with Crippen LogP contribution in [0.4, 0.5) is 11.5 Å². The monoisotopic (exact) mass is 269 g/mol. The Morgan fingerprint density at radius 2 is 2.16 bits per heavy atom. The van der Waals surface area contributed by atoms with Crippen LogP contribution in [0.2, 0.25) is 0 Å². The Labute approximate surface area is 113 Å². The van der Waals surface area contributed by atoms with Gasteiger partial charge in [-0.1, -0.05) is 13.3 Å². The minimum absolute atomic E-state index is 0.120. The van der Waals surface area contributed by atoms with Crippen LogP contribution in [0.15, 0.2) is 0 Å². The van der Waals surface area contributed by atoms with Crippen molar-refractivity contribution >= 4 is 11.5 Å². The second-order valence-electron chi connectivity index (χ2n) is 4.86. The Bertz CT molecular complexity index is 428. The first kappa shape index (κ1) is 15.4. The molecule has 1 rings (SSSR count). The molecular weight excluding hydrogens is 246 g/mol. The predicted molar refractivity (Wildman–Crippen MR) is 75.5 cm³/mol. The van der Waals surface area contributed by atoms with E-state index >= 15 is 0 Å². The molecule has 0 bridgehead atoms. The summed E-state index contributed by atoms with van der Waals surface area (Å²) in [5.74, 6) is 0.507. The maximum absolute atomic E-state index is 11.2. The van der Waals surface area contributed by atoms with Crippen molar-refractivity contribution in [3.63, 3.8) is 0 Å². The highest BCUT2D eigenvalue weighted by molar-refractivity contribution is 5.59. The molecule has 0 fully saturated rings. The number of aromatic nitrogens is 2. The molecule has 0 aliphatic rings. The van der Waals surface area contributed by atoms with E-state index in [0.29, 0.717) is 24.5 Å². The van der Waals surface area contributed by atoms with Crippen molar-refractivity contribution in [1.29, 1.82) is 0 Å². The molecule has 19 heavy (non-hydrogen) atoms. The highest BCUT2D eigenvalue weighted by atomic mass is 16.6. The van der Waals surface area contributed by atoms with Gasteiger partial charge in [0.25, 0.3) is 0 Å². The van der Waals surface area contributed by atoms with Gasteiger partial charge in [-0.15, -0.1) is 0 Å². The second-order valence-corrected chi connectivity index (χ2v) is 4.86. The predicted octanol–water partition coefficient (Wildman–Crippen LogP) is 1.64. The van der Waals surface area contributed by atoms with E-state index in [2.05, 4.69) is 15.3 Å². The van der Waals surface area contributed by atoms with Crippen LogP contribution in [0.1, 0.15) is 25.5 Å². The van der Waals surface area contributed by atoms with E-state index < -0.39 is 0 Å². The van der Waals surface area contributed by atoms with Crippen molar-refractivity contribution in [3.05, 3.63) is 15.8 Å². The number of nitro groups is 1. The van der Waals surface area contributed by atoms with Gasteiger partial charge in [-0.05, 0) is 33.5 Å². The fraction of sp³-hybridized carbons (Fsp3) is 0.750.